The molecule has 1 fully saturated rings. The van der Waals surface area contributed by atoms with Crippen LogP contribution in [-0.4, -0.2) is 6.10 Å². The monoisotopic (exact) mass is 219 g/mol. The van der Waals surface area contributed by atoms with E-state index in [0.29, 0.717) is 12.6 Å². The lowest BCUT2D eigenvalue weighted by molar-refractivity contribution is 0.154. The molecule has 1 aliphatic carbocycles. The van der Waals surface area contributed by atoms with Crippen molar-refractivity contribution in [1.29, 1.82) is 0 Å². The zero-order valence-electron chi connectivity index (χ0n) is 10.0. The molecule has 0 bridgehead atoms. The summed E-state index contributed by atoms with van der Waals surface area (Å²) in [4.78, 5) is 0. The lowest BCUT2D eigenvalue weighted by Crippen LogP contribution is -2.20. The summed E-state index contributed by atoms with van der Waals surface area (Å²) >= 11 is 0. The Morgan fingerprint density at radius 2 is 2.00 bits per heavy atom. The number of ether oxygens (including phenoxy) is 1. The highest BCUT2D eigenvalue weighted by atomic mass is 16.5. The number of nitrogens with two attached hydrogens (primary N) is 1. The molecule has 0 saturated heterocycles. The fraction of sp³-hybridized carbons (Fsp3) is 0.571. The first-order valence-electron chi connectivity index (χ1n) is 6.26. The van der Waals surface area contributed by atoms with Crippen LogP contribution in [0.1, 0.15) is 43.2 Å². The smallest absolute Gasteiger partial charge is 0.122 e. The largest absolute Gasteiger partial charge is 0.490 e. The molecular formula is C14H21NO. The zero-order valence-corrected chi connectivity index (χ0v) is 10.0. The Labute approximate surface area is 97.8 Å². The molecule has 0 aromatic heterocycles. The zero-order chi connectivity index (χ0) is 11.4. The Bertz CT molecular complexity index is 343. The van der Waals surface area contributed by atoms with Crippen molar-refractivity contribution in [3.05, 3.63) is 29.3 Å². The summed E-state index contributed by atoms with van der Waals surface area (Å²) < 4.78 is 6.04. The summed E-state index contributed by atoms with van der Waals surface area (Å²) in [6.45, 7) is 2.70. The van der Waals surface area contributed by atoms with Gasteiger partial charge in [0.2, 0.25) is 0 Å². The molecule has 88 valence electrons. The molecule has 0 atom stereocenters. The van der Waals surface area contributed by atoms with Crippen molar-refractivity contribution in [2.24, 2.45) is 5.73 Å². The van der Waals surface area contributed by atoms with Crippen molar-refractivity contribution < 1.29 is 4.74 Å². The van der Waals surface area contributed by atoms with E-state index in [0.717, 1.165) is 5.75 Å². The van der Waals surface area contributed by atoms with E-state index in [2.05, 4.69) is 25.1 Å². The van der Waals surface area contributed by atoms with Gasteiger partial charge >= 0.3 is 0 Å². The molecule has 1 aromatic carbocycles. The molecule has 1 saturated carbocycles. The van der Waals surface area contributed by atoms with Gasteiger partial charge in [-0.25, -0.2) is 0 Å². The average molecular weight is 219 g/mol. The van der Waals surface area contributed by atoms with E-state index in [9.17, 15) is 0 Å². The van der Waals surface area contributed by atoms with Crippen LogP contribution in [0.5, 0.6) is 5.75 Å². The SMILES string of the molecule is Cc1cc(CN)ccc1OC1CCCCC1. The number of aryl methyl sites for hydroxylation is 1. The summed E-state index contributed by atoms with van der Waals surface area (Å²) in [6.07, 6.45) is 6.83. The van der Waals surface area contributed by atoms with E-state index in [4.69, 9.17) is 10.5 Å². The minimum atomic E-state index is 0.427. The van der Waals surface area contributed by atoms with Gasteiger partial charge in [-0.2, -0.15) is 0 Å². The van der Waals surface area contributed by atoms with Crippen LogP contribution < -0.4 is 10.5 Å². The first-order chi connectivity index (χ1) is 7.79. The number of rotatable bonds is 3. The molecule has 0 amide bonds. The first kappa shape index (κ1) is 11.5. The van der Waals surface area contributed by atoms with Gasteiger partial charge in [-0.1, -0.05) is 18.6 Å². The molecule has 2 nitrogen and oxygen atoms in total. The molecule has 0 heterocycles. The second-order valence-corrected chi connectivity index (χ2v) is 4.68. The molecular weight excluding hydrogens is 198 g/mol. The second-order valence-electron chi connectivity index (χ2n) is 4.68. The summed E-state index contributed by atoms with van der Waals surface area (Å²) in [7, 11) is 0. The average Bonchev–Trinajstić information content (AvgIpc) is 2.33. The Morgan fingerprint density at radius 3 is 2.62 bits per heavy atom. The predicted octanol–water partition coefficient (Wildman–Crippen LogP) is 3.17. The Morgan fingerprint density at radius 1 is 1.25 bits per heavy atom. The highest BCUT2D eigenvalue weighted by molar-refractivity contribution is 5.36. The van der Waals surface area contributed by atoms with E-state index in [1.807, 2.05) is 0 Å². The Kier molecular flexibility index (Phi) is 3.83. The van der Waals surface area contributed by atoms with Gasteiger partial charge in [0.1, 0.15) is 5.75 Å². The summed E-state index contributed by atoms with van der Waals surface area (Å²) in [5.41, 5.74) is 7.99. The van der Waals surface area contributed by atoms with Crippen molar-refractivity contribution in [2.75, 3.05) is 0 Å². The summed E-state index contributed by atoms with van der Waals surface area (Å²) in [5.74, 6) is 1.03. The first-order valence-corrected chi connectivity index (χ1v) is 6.26. The van der Waals surface area contributed by atoms with Crippen molar-refractivity contribution in [2.45, 2.75) is 51.7 Å². The van der Waals surface area contributed by atoms with Crippen LogP contribution in [0, 0.1) is 6.92 Å². The van der Waals surface area contributed by atoms with Crippen LogP contribution in [0.3, 0.4) is 0 Å². The van der Waals surface area contributed by atoms with E-state index in [-0.39, 0.29) is 0 Å². The molecule has 0 radical (unpaired) electrons. The molecule has 1 aliphatic rings. The van der Waals surface area contributed by atoms with Gasteiger partial charge in [0, 0.05) is 6.54 Å². The predicted molar refractivity (Wildman–Crippen MR) is 66.6 cm³/mol. The highest BCUT2D eigenvalue weighted by Crippen LogP contribution is 2.26. The van der Waals surface area contributed by atoms with Gasteiger partial charge in [0.25, 0.3) is 0 Å². The third-order valence-electron chi connectivity index (χ3n) is 3.32. The lowest BCUT2D eigenvalue weighted by atomic mass is 9.97. The van der Waals surface area contributed by atoms with E-state index < -0.39 is 0 Å². The normalized spacial score (nSPS) is 17.4. The van der Waals surface area contributed by atoms with Gasteiger partial charge < -0.3 is 10.5 Å². The molecule has 2 heteroatoms. The minimum absolute atomic E-state index is 0.427. The van der Waals surface area contributed by atoms with E-state index in [1.54, 1.807) is 0 Å². The fourth-order valence-electron chi connectivity index (χ4n) is 2.33. The fourth-order valence-corrected chi connectivity index (χ4v) is 2.33. The van der Waals surface area contributed by atoms with Crippen molar-refractivity contribution in [3.8, 4) is 5.75 Å². The standard InChI is InChI=1S/C14H21NO/c1-11-9-12(10-15)7-8-14(11)16-13-5-3-2-4-6-13/h7-9,13H,2-6,10,15H2,1H3. The van der Waals surface area contributed by atoms with Crippen LogP contribution in [-0.2, 0) is 6.54 Å². The number of hydrogen-bond acceptors (Lipinski definition) is 2. The van der Waals surface area contributed by atoms with Crippen molar-refractivity contribution in [3.63, 3.8) is 0 Å². The number of benzene rings is 1. The Balaban J connectivity index is 2.03. The van der Waals surface area contributed by atoms with Crippen molar-refractivity contribution in [1.82, 2.24) is 0 Å². The van der Waals surface area contributed by atoms with Gasteiger partial charge in [0.05, 0.1) is 6.10 Å². The molecule has 0 unspecified atom stereocenters. The topological polar surface area (TPSA) is 35.2 Å². The summed E-state index contributed by atoms with van der Waals surface area (Å²) in [5, 5.41) is 0. The van der Waals surface area contributed by atoms with Crippen LogP contribution in [0.15, 0.2) is 18.2 Å². The minimum Gasteiger partial charge on any atom is -0.490 e. The molecule has 0 aliphatic heterocycles. The van der Waals surface area contributed by atoms with Crippen molar-refractivity contribution >= 4 is 0 Å². The quantitative estimate of drug-likeness (QED) is 0.847. The summed E-state index contributed by atoms with van der Waals surface area (Å²) in [6, 6.07) is 6.25. The number of hydrogen-bond donors (Lipinski definition) is 1. The second kappa shape index (κ2) is 5.35. The third kappa shape index (κ3) is 2.76. The molecule has 2 N–H and O–H groups in total. The lowest BCUT2D eigenvalue weighted by Gasteiger charge is -2.24. The van der Waals surface area contributed by atoms with Crippen LogP contribution in [0.4, 0.5) is 0 Å². The van der Waals surface area contributed by atoms with Gasteiger partial charge in [-0.3, -0.25) is 0 Å². The van der Waals surface area contributed by atoms with Crippen LogP contribution in [0.25, 0.3) is 0 Å². The molecule has 1 aromatic rings. The van der Waals surface area contributed by atoms with Gasteiger partial charge in [-0.05, 0) is 49.8 Å². The molecule has 0 spiro atoms. The third-order valence-corrected chi connectivity index (χ3v) is 3.32. The van der Waals surface area contributed by atoms with E-state index >= 15 is 0 Å². The van der Waals surface area contributed by atoms with Crippen LogP contribution >= 0.6 is 0 Å². The van der Waals surface area contributed by atoms with Crippen LogP contribution in [0.2, 0.25) is 0 Å². The maximum atomic E-state index is 6.04. The Hall–Kier alpha value is -1.02. The van der Waals surface area contributed by atoms with Gasteiger partial charge in [0.15, 0.2) is 0 Å². The maximum absolute atomic E-state index is 6.04. The molecule has 2 rings (SSSR count). The van der Waals surface area contributed by atoms with Gasteiger partial charge in [-0.15, -0.1) is 0 Å². The highest BCUT2D eigenvalue weighted by Gasteiger charge is 2.15. The molecule has 16 heavy (non-hydrogen) atoms. The maximum Gasteiger partial charge on any atom is 0.122 e. The van der Waals surface area contributed by atoms with E-state index in [1.165, 1.54) is 43.2 Å².